The van der Waals surface area contributed by atoms with Crippen molar-refractivity contribution in [3.05, 3.63) is 58.5 Å². The SMILES string of the molecule is COCCCCCCC/C=C(\C=N)c1cnc(N)c(OC(C)c2cc(F)ccc2Cl)c1. The van der Waals surface area contributed by atoms with Gasteiger partial charge in [-0.2, -0.15) is 0 Å². The lowest BCUT2D eigenvalue weighted by atomic mass is 10.0. The summed E-state index contributed by atoms with van der Waals surface area (Å²) in [5.74, 6) is 0.210. The molecule has 1 aromatic heterocycles. The molecule has 7 heteroatoms. The lowest BCUT2D eigenvalue weighted by Crippen LogP contribution is -2.07. The molecule has 168 valence electrons. The average Bonchev–Trinajstić information content (AvgIpc) is 2.76. The highest BCUT2D eigenvalue weighted by Crippen LogP contribution is 2.31. The summed E-state index contributed by atoms with van der Waals surface area (Å²) in [6.45, 7) is 2.59. The van der Waals surface area contributed by atoms with Gasteiger partial charge in [0.15, 0.2) is 11.6 Å². The molecule has 5 nitrogen and oxygen atoms in total. The molecule has 0 aliphatic heterocycles. The predicted octanol–water partition coefficient (Wildman–Crippen LogP) is 6.62. The summed E-state index contributed by atoms with van der Waals surface area (Å²) >= 11 is 6.18. The molecule has 0 aliphatic carbocycles. The van der Waals surface area contributed by atoms with Crippen LogP contribution in [-0.4, -0.2) is 24.9 Å². The summed E-state index contributed by atoms with van der Waals surface area (Å²) in [5, 5.41) is 8.19. The van der Waals surface area contributed by atoms with Crippen LogP contribution in [0.15, 0.2) is 36.5 Å². The van der Waals surface area contributed by atoms with Crippen molar-refractivity contribution in [1.82, 2.24) is 4.98 Å². The Morgan fingerprint density at radius 1 is 1.23 bits per heavy atom. The monoisotopic (exact) mass is 447 g/mol. The number of allylic oxidation sites excluding steroid dienone is 2. The summed E-state index contributed by atoms with van der Waals surface area (Å²) in [5.41, 5.74) is 8.02. The topological polar surface area (TPSA) is 81.2 Å². The van der Waals surface area contributed by atoms with Gasteiger partial charge >= 0.3 is 0 Å². The second-order valence-corrected chi connectivity index (χ2v) is 7.79. The number of rotatable bonds is 13. The van der Waals surface area contributed by atoms with Gasteiger partial charge in [-0.25, -0.2) is 9.37 Å². The number of benzene rings is 1. The van der Waals surface area contributed by atoms with Crippen molar-refractivity contribution < 1.29 is 13.9 Å². The molecular formula is C24H31ClFN3O2. The number of ether oxygens (including phenoxy) is 2. The number of pyridine rings is 1. The van der Waals surface area contributed by atoms with Crippen molar-refractivity contribution >= 4 is 29.2 Å². The summed E-state index contributed by atoms with van der Waals surface area (Å²) in [7, 11) is 1.73. The minimum absolute atomic E-state index is 0.225. The molecule has 0 bridgehead atoms. The molecule has 3 N–H and O–H groups in total. The van der Waals surface area contributed by atoms with Crippen LogP contribution in [0.1, 0.15) is 62.7 Å². The van der Waals surface area contributed by atoms with Gasteiger partial charge in [0.05, 0.1) is 0 Å². The third-order valence-corrected chi connectivity index (χ3v) is 5.33. The van der Waals surface area contributed by atoms with Gasteiger partial charge in [0, 0.05) is 42.3 Å². The molecule has 0 saturated carbocycles. The number of halogens is 2. The van der Waals surface area contributed by atoms with Gasteiger partial charge in [-0.15, -0.1) is 0 Å². The van der Waals surface area contributed by atoms with Crippen LogP contribution in [0.25, 0.3) is 5.57 Å². The lowest BCUT2D eigenvalue weighted by Gasteiger charge is -2.18. The third-order valence-electron chi connectivity index (χ3n) is 4.99. The Morgan fingerprint density at radius 2 is 1.97 bits per heavy atom. The minimum Gasteiger partial charge on any atom is -0.482 e. The van der Waals surface area contributed by atoms with E-state index in [1.54, 1.807) is 26.3 Å². The quantitative estimate of drug-likeness (QED) is 0.267. The first kappa shape index (κ1) is 24.8. The molecule has 2 aromatic rings. The number of nitrogens with zero attached hydrogens (tertiary/aromatic N) is 1. The molecule has 0 radical (unpaired) electrons. The van der Waals surface area contributed by atoms with Gasteiger partial charge in [0.1, 0.15) is 11.9 Å². The number of anilines is 1. The zero-order valence-electron chi connectivity index (χ0n) is 18.2. The van der Waals surface area contributed by atoms with Crippen LogP contribution >= 0.6 is 11.6 Å². The smallest absolute Gasteiger partial charge is 0.166 e. The molecule has 0 spiro atoms. The Bertz CT molecular complexity index is 889. The summed E-state index contributed by atoms with van der Waals surface area (Å²) in [4.78, 5) is 4.21. The van der Waals surface area contributed by atoms with E-state index < -0.39 is 6.10 Å². The molecule has 0 saturated heterocycles. The van der Waals surface area contributed by atoms with Gasteiger partial charge in [-0.1, -0.05) is 36.9 Å². The van der Waals surface area contributed by atoms with E-state index in [2.05, 4.69) is 4.98 Å². The number of methoxy groups -OCH3 is 1. The van der Waals surface area contributed by atoms with Gasteiger partial charge < -0.3 is 20.6 Å². The molecule has 0 aliphatic rings. The Hall–Kier alpha value is -2.44. The Kier molecular flexibility index (Phi) is 10.5. The molecule has 1 unspecified atom stereocenters. The molecular weight excluding hydrogens is 417 g/mol. The number of nitrogens with two attached hydrogens (primary N) is 1. The van der Waals surface area contributed by atoms with Gasteiger partial charge in [-0.3, -0.25) is 0 Å². The van der Waals surface area contributed by atoms with Crippen molar-refractivity contribution in [1.29, 1.82) is 5.41 Å². The Balaban J connectivity index is 2.02. The van der Waals surface area contributed by atoms with Crippen LogP contribution in [0, 0.1) is 11.2 Å². The van der Waals surface area contributed by atoms with Crippen LogP contribution in [-0.2, 0) is 4.74 Å². The van der Waals surface area contributed by atoms with E-state index in [4.69, 9.17) is 32.2 Å². The second-order valence-electron chi connectivity index (χ2n) is 7.39. The van der Waals surface area contributed by atoms with E-state index in [0.29, 0.717) is 16.3 Å². The number of nitrogens with one attached hydrogen (secondary N) is 1. The van der Waals surface area contributed by atoms with Gasteiger partial charge in [0.2, 0.25) is 0 Å². The fourth-order valence-electron chi connectivity index (χ4n) is 3.23. The van der Waals surface area contributed by atoms with E-state index in [9.17, 15) is 4.39 Å². The van der Waals surface area contributed by atoms with Crippen LogP contribution in [0.4, 0.5) is 10.2 Å². The Morgan fingerprint density at radius 3 is 2.71 bits per heavy atom. The zero-order chi connectivity index (χ0) is 22.6. The summed E-state index contributed by atoms with van der Waals surface area (Å²) < 4.78 is 24.6. The standard InChI is InChI=1S/C24H31ClFN3O2/c1-17(21-14-20(26)10-11-22(21)25)31-23-13-19(16-29-24(23)28)18(15-27)9-7-5-3-4-6-8-12-30-2/h9-11,13-17,27H,3-8,12H2,1-2H3,(H2,28,29)/b18-9+,27-15?. The number of nitrogen functional groups attached to an aromatic ring is 1. The fraction of sp³-hybridized carbons (Fsp3) is 0.417. The summed E-state index contributed by atoms with van der Waals surface area (Å²) in [6, 6.07) is 5.90. The average molecular weight is 448 g/mol. The number of unbranched alkanes of at least 4 members (excludes halogenated alkanes) is 5. The minimum atomic E-state index is -0.520. The molecule has 2 rings (SSSR count). The first-order valence-corrected chi connectivity index (χ1v) is 10.9. The maximum Gasteiger partial charge on any atom is 0.166 e. The van der Waals surface area contributed by atoms with Crippen molar-refractivity contribution in [2.45, 2.75) is 51.6 Å². The van der Waals surface area contributed by atoms with E-state index in [1.165, 1.54) is 37.3 Å². The third kappa shape index (κ3) is 7.96. The normalized spacial score (nSPS) is 12.6. The number of hydrogen-bond acceptors (Lipinski definition) is 5. The lowest BCUT2D eigenvalue weighted by molar-refractivity contribution is 0.192. The molecule has 1 atom stereocenters. The molecule has 1 heterocycles. The van der Waals surface area contributed by atoms with E-state index in [-0.39, 0.29) is 11.6 Å². The van der Waals surface area contributed by atoms with E-state index >= 15 is 0 Å². The first-order valence-electron chi connectivity index (χ1n) is 10.5. The molecule has 1 aromatic carbocycles. The summed E-state index contributed by atoms with van der Waals surface area (Å²) in [6.07, 6.45) is 11.0. The van der Waals surface area contributed by atoms with E-state index in [0.717, 1.165) is 43.4 Å². The van der Waals surface area contributed by atoms with Crippen molar-refractivity contribution in [3.8, 4) is 5.75 Å². The van der Waals surface area contributed by atoms with Crippen LogP contribution in [0.3, 0.4) is 0 Å². The van der Waals surface area contributed by atoms with Crippen molar-refractivity contribution in [2.24, 2.45) is 0 Å². The van der Waals surface area contributed by atoms with E-state index in [1.807, 2.05) is 6.08 Å². The molecule has 0 amide bonds. The van der Waals surface area contributed by atoms with Crippen LogP contribution in [0.2, 0.25) is 5.02 Å². The predicted molar refractivity (Wildman–Crippen MR) is 125 cm³/mol. The van der Waals surface area contributed by atoms with Crippen LogP contribution in [0.5, 0.6) is 5.75 Å². The first-order chi connectivity index (χ1) is 15.0. The van der Waals surface area contributed by atoms with Gasteiger partial charge in [-0.05, 0) is 56.0 Å². The number of hydrogen-bond donors (Lipinski definition) is 2. The highest BCUT2D eigenvalue weighted by molar-refractivity contribution is 6.31. The van der Waals surface area contributed by atoms with Crippen molar-refractivity contribution in [3.63, 3.8) is 0 Å². The largest absolute Gasteiger partial charge is 0.482 e. The van der Waals surface area contributed by atoms with Gasteiger partial charge in [0.25, 0.3) is 0 Å². The van der Waals surface area contributed by atoms with Crippen molar-refractivity contribution in [2.75, 3.05) is 19.5 Å². The molecule has 31 heavy (non-hydrogen) atoms. The zero-order valence-corrected chi connectivity index (χ0v) is 18.9. The highest BCUT2D eigenvalue weighted by Gasteiger charge is 2.15. The second kappa shape index (κ2) is 13.1. The highest BCUT2D eigenvalue weighted by atomic mass is 35.5. The number of aromatic nitrogens is 1. The molecule has 0 fully saturated rings. The maximum atomic E-state index is 13.6. The maximum absolute atomic E-state index is 13.6. The fourth-order valence-corrected chi connectivity index (χ4v) is 3.50. The Labute approximate surface area is 188 Å². The van der Waals surface area contributed by atoms with Crippen LogP contribution < -0.4 is 10.5 Å².